The van der Waals surface area contributed by atoms with Crippen molar-refractivity contribution in [2.24, 2.45) is 22.5 Å². The van der Waals surface area contributed by atoms with Crippen LogP contribution in [0.5, 0.6) is 17.2 Å². The predicted octanol–water partition coefficient (Wildman–Crippen LogP) is 3.29. The van der Waals surface area contributed by atoms with Crippen LogP contribution in [0.2, 0.25) is 0 Å². The van der Waals surface area contributed by atoms with Gasteiger partial charge < -0.3 is 30.9 Å². The van der Waals surface area contributed by atoms with Gasteiger partial charge in [0.15, 0.2) is 5.78 Å². The van der Waals surface area contributed by atoms with Gasteiger partial charge in [-0.05, 0) is 35.7 Å². The Labute approximate surface area is 235 Å². The van der Waals surface area contributed by atoms with E-state index in [1.54, 1.807) is 0 Å². The topological polar surface area (TPSA) is 184 Å². The van der Waals surface area contributed by atoms with Crippen molar-refractivity contribution in [3.63, 3.8) is 0 Å². The maximum Gasteiger partial charge on any atom is 0.255 e. The second kappa shape index (κ2) is 7.88. The van der Waals surface area contributed by atoms with Crippen LogP contribution in [0.3, 0.4) is 0 Å². The highest BCUT2D eigenvalue weighted by Crippen LogP contribution is 2.69. The number of hydrogen-bond donors (Lipinski definition) is 5. The van der Waals surface area contributed by atoms with Crippen LogP contribution in [0.1, 0.15) is 85.2 Å². The van der Waals surface area contributed by atoms with E-state index >= 15 is 0 Å². The molecule has 6 rings (SSSR count). The molecule has 0 aliphatic heterocycles. The minimum absolute atomic E-state index is 0.0800. The maximum absolute atomic E-state index is 14.3. The fraction of sp³-hybridized carbons (Fsp3) is 0.484. The number of aliphatic hydroxyl groups excluding tert-OH is 1. The molecule has 0 unspecified atom stereocenters. The minimum atomic E-state index is -3.07. The quantitative estimate of drug-likeness (QED) is 0.270. The third-order valence-electron chi connectivity index (χ3n) is 10.7. The van der Waals surface area contributed by atoms with Crippen molar-refractivity contribution in [3.05, 3.63) is 39.7 Å². The number of ketones is 3. The first-order valence-electron chi connectivity index (χ1n) is 13.7. The van der Waals surface area contributed by atoms with Crippen molar-refractivity contribution in [1.29, 1.82) is 0 Å². The number of methoxy groups -OCH3 is 1. The largest absolute Gasteiger partial charge is 0.511 e. The third-order valence-corrected chi connectivity index (χ3v) is 10.7. The number of fused-ring (bicyclic) bond motifs is 4. The van der Waals surface area contributed by atoms with E-state index in [4.69, 9.17) is 10.5 Å². The fourth-order valence-electron chi connectivity index (χ4n) is 8.87. The highest BCUT2D eigenvalue weighted by Gasteiger charge is 2.66. The second-order valence-corrected chi connectivity index (χ2v) is 13.2. The molecular formula is C31H33NO9. The summed E-state index contributed by atoms with van der Waals surface area (Å²) in [6, 6.07) is 1.38. The summed E-state index contributed by atoms with van der Waals surface area (Å²) in [5.74, 6) is -8.24. The Morgan fingerprint density at radius 3 is 2.15 bits per heavy atom. The number of nitrogens with two attached hydrogens (primary N) is 1. The van der Waals surface area contributed by atoms with Crippen molar-refractivity contribution in [3.8, 4) is 17.2 Å². The zero-order valence-electron chi connectivity index (χ0n) is 23.6. The number of phenolic OH excluding ortho intramolecular Hbond substituents is 2. The summed E-state index contributed by atoms with van der Waals surface area (Å²) in [4.78, 5) is 53.6. The van der Waals surface area contributed by atoms with Crippen LogP contribution < -0.4 is 10.5 Å². The van der Waals surface area contributed by atoms with Crippen LogP contribution in [0.15, 0.2) is 17.4 Å². The highest BCUT2D eigenvalue weighted by molar-refractivity contribution is 6.38. The molecule has 6 N–H and O–H groups in total. The normalized spacial score (nSPS) is 27.3. The number of aliphatic hydroxyl groups is 2. The third kappa shape index (κ3) is 2.86. The van der Waals surface area contributed by atoms with E-state index in [2.05, 4.69) is 27.7 Å². The summed E-state index contributed by atoms with van der Waals surface area (Å²) in [5, 5.41) is 45.2. The summed E-state index contributed by atoms with van der Waals surface area (Å²) < 4.78 is 5.81. The van der Waals surface area contributed by atoms with Crippen molar-refractivity contribution in [2.45, 2.75) is 70.8 Å². The standard InChI is InChI=1S/C31H33NO9/c1-28(2)7-6-8-29(3,4)30(28)11-12-17-19(15(34)10-16(41-5)22(17)30)24(36)21-18(12)23(35)13-9-14(33)20(27(32)39)25(37)31(13,40)26(21)38/h10,13,33-34,36,40H,6-9,11H2,1-5H3,(H2,32,39)/t13-,31-/m1/s1. The Morgan fingerprint density at radius 2 is 1.59 bits per heavy atom. The Balaban J connectivity index is 1.76. The number of primary amides is 1. The first kappa shape index (κ1) is 27.3. The minimum Gasteiger partial charge on any atom is -0.511 e. The number of amides is 1. The molecule has 10 nitrogen and oxygen atoms in total. The van der Waals surface area contributed by atoms with E-state index in [1.165, 1.54) is 13.2 Å². The second-order valence-electron chi connectivity index (χ2n) is 13.2. The zero-order chi connectivity index (χ0) is 30.2. The lowest BCUT2D eigenvalue weighted by Gasteiger charge is -2.59. The molecule has 0 radical (unpaired) electrons. The zero-order valence-corrected chi connectivity index (χ0v) is 23.6. The number of Topliss-reactive ketones (excluding diaryl/α,β-unsaturated/α-hetero) is 3. The monoisotopic (exact) mass is 563 g/mol. The van der Waals surface area contributed by atoms with Crippen LogP contribution in [0.25, 0.3) is 10.8 Å². The number of hydrogen-bond acceptors (Lipinski definition) is 9. The molecule has 4 aliphatic carbocycles. The number of allylic oxidation sites excluding steroid dienone is 1. The van der Waals surface area contributed by atoms with Gasteiger partial charge in [0.1, 0.15) is 28.6 Å². The molecular weight excluding hydrogens is 530 g/mol. The van der Waals surface area contributed by atoms with Gasteiger partial charge in [0, 0.05) is 34.4 Å². The molecule has 1 spiro atoms. The predicted molar refractivity (Wildman–Crippen MR) is 146 cm³/mol. The summed E-state index contributed by atoms with van der Waals surface area (Å²) in [5.41, 5.74) is 0.273. The average molecular weight is 564 g/mol. The fourth-order valence-corrected chi connectivity index (χ4v) is 8.87. The average Bonchev–Trinajstić information content (AvgIpc) is 3.24. The van der Waals surface area contributed by atoms with E-state index < -0.39 is 75.0 Å². The molecule has 2 atom stereocenters. The molecule has 2 aromatic rings. The summed E-state index contributed by atoms with van der Waals surface area (Å²) >= 11 is 0. The Bertz CT molecular complexity index is 1680. The van der Waals surface area contributed by atoms with E-state index in [0.29, 0.717) is 16.7 Å². The molecule has 0 heterocycles. The van der Waals surface area contributed by atoms with Gasteiger partial charge in [0.25, 0.3) is 5.91 Å². The molecule has 4 aliphatic rings. The van der Waals surface area contributed by atoms with Gasteiger partial charge in [0.2, 0.25) is 17.2 Å². The van der Waals surface area contributed by atoms with Crippen molar-refractivity contribution in [2.75, 3.05) is 7.11 Å². The van der Waals surface area contributed by atoms with Crippen molar-refractivity contribution < 1.29 is 44.3 Å². The molecule has 0 aromatic heterocycles. The maximum atomic E-state index is 14.3. The lowest BCUT2D eigenvalue weighted by Crippen LogP contribution is -2.62. The number of rotatable bonds is 2. The SMILES string of the molecule is COc1cc(O)c2c(O)c3c(c4c2c1C1(C4)C(C)(C)CCCC1(C)C)C(=O)[C@H]1CC(O)=C(C(N)=O)C(=O)[C@@]1(O)C3=O. The van der Waals surface area contributed by atoms with Crippen LogP contribution in [0, 0.1) is 16.7 Å². The van der Waals surface area contributed by atoms with Crippen molar-refractivity contribution >= 4 is 34.0 Å². The van der Waals surface area contributed by atoms with Gasteiger partial charge in [-0.25, -0.2) is 0 Å². The van der Waals surface area contributed by atoms with Gasteiger partial charge in [-0.3, -0.25) is 19.2 Å². The number of carbonyl (C=O) groups excluding carboxylic acids is 4. The summed E-state index contributed by atoms with van der Waals surface area (Å²) in [6.45, 7) is 8.57. The molecule has 1 fully saturated rings. The smallest absolute Gasteiger partial charge is 0.255 e. The van der Waals surface area contributed by atoms with E-state index in [0.717, 1.165) is 24.8 Å². The Kier molecular flexibility index (Phi) is 5.24. The van der Waals surface area contributed by atoms with Crippen LogP contribution in [-0.2, 0) is 21.4 Å². The van der Waals surface area contributed by atoms with Gasteiger partial charge >= 0.3 is 0 Å². The van der Waals surface area contributed by atoms with Gasteiger partial charge in [-0.1, -0.05) is 34.1 Å². The van der Waals surface area contributed by atoms with E-state index in [9.17, 15) is 39.6 Å². The summed E-state index contributed by atoms with van der Waals surface area (Å²) in [6.07, 6.45) is 2.27. The van der Waals surface area contributed by atoms with E-state index in [1.807, 2.05) is 0 Å². The van der Waals surface area contributed by atoms with Gasteiger partial charge in [0.05, 0.1) is 24.0 Å². The summed E-state index contributed by atoms with van der Waals surface area (Å²) in [7, 11) is 1.48. The lowest BCUT2D eigenvalue weighted by atomic mass is 9.44. The lowest BCUT2D eigenvalue weighted by molar-refractivity contribution is -0.136. The molecule has 1 amide bonds. The number of carbonyl (C=O) groups is 4. The molecule has 0 saturated heterocycles. The first-order chi connectivity index (χ1) is 19.0. The van der Waals surface area contributed by atoms with Crippen molar-refractivity contribution in [1.82, 2.24) is 0 Å². The Hall–Kier alpha value is -3.92. The van der Waals surface area contributed by atoms with Crippen LogP contribution in [0.4, 0.5) is 0 Å². The highest BCUT2D eigenvalue weighted by atomic mass is 16.5. The molecule has 2 aromatic carbocycles. The first-order valence-corrected chi connectivity index (χ1v) is 13.7. The van der Waals surface area contributed by atoms with Crippen LogP contribution >= 0.6 is 0 Å². The van der Waals surface area contributed by atoms with E-state index in [-0.39, 0.29) is 28.2 Å². The molecule has 10 heteroatoms. The number of phenols is 2. The van der Waals surface area contributed by atoms with Gasteiger partial charge in [-0.2, -0.15) is 0 Å². The number of benzene rings is 2. The molecule has 0 bridgehead atoms. The van der Waals surface area contributed by atoms with Gasteiger partial charge in [-0.15, -0.1) is 0 Å². The molecule has 1 saturated carbocycles. The number of aromatic hydroxyl groups is 2. The molecule has 41 heavy (non-hydrogen) atoms. The Morgan fingerprint density at radius 1 is 0.976 bits per heavy atom. The van der Waals surface area contributed by atoms with Crippen LogP contribution in [-0.4, -0.2) is 56.4 Å². The molecule has 216 valence electrons. The number of ether oxygens (including phenoxy) is 1.